The third kappa shape index (κ3) is 2.41. The minimum atomic E-state index is -0.615. The molecule has 1 saturated heterocycles. The van der Waals surface area contributed by atoms with Gasteiger partial charge in [-0.25, -0.2) is 4.79 Å². The molecule has 1 unspecified atom stereocenters. The molecule has 0 aromatic carbocycles. The van der Waals surface area contributed by atoms with Gasteiger partial charge in [0.25, 0.3) is 0 Å². The monoisotopic (exact) mass is 247 g/mol. The van der Waals surface area contributed by atoms with Gasteiger partial charge in [0.15, 0.2) is 6.10 Å². The van der Waals surface area contributed by atoms with Crippen LogP contribution in [-0.4, -0.2) is 43.9 Å². The first-order valence-electron chi connectivity index (χ1n) is 5.54. The van der Waals surface area contributed by atoms with Crippen molar-refractivity contribution in [2.24, 2.45) is 0 Å². The summed E-state index contributed by atoms with van der Waals surface area (Å²) in [5.41, 5.74) is 1.26. The molecular weight excluding hydrogens is 234 g/mol. The van der Waals surface area contributed by atoms with Crippen LogP contribution in [0.4, 0.5) is 5.69 Å². The molecule has 0 amide bonds. The average molecular weight is 247 g/mol. The zero-order chi connectivity index (χ0) is 13.0. The van der Waals surface area contributed by atoms with E-state index in [1.807, 2.05) is 4.90 Å². The van der Waals surface area contributed by atoms with Gasteiger partial charge in [-0.2, -0.15) is 5.26 Å². The molecule has 0 spiro atoms. The SMILES string of the molecule is COC(=O)C1CN(c2cnccc2C#N)CCO1. The maximum Gasteiger partial charge on any atom is 0.336 e. The molecule has 0 aliphatic carbocycles. The number of hydrogen-bond donors (Lipinski definition) is 0. The third-order valence-electron chi connectivity index (χ3n) is 2.79. The van der Waals surface area contributed by atoms with E-state index in [2.05, 4.69) is 15.8 Å². The molecular formula is C12H13N3O3. The Morgan fingerprint density at radius 2 is 2.56 bits per heavy atom. The number of aromatic nitrogens is 1. The van der Waals surface area contributed by atoms with Crippen molar-refractivity contribution in [3.8, 4) is 6.07 Å². The largest absolute Gasteiger partial charge is 0.467 e. The van der Waals surface area contributed by atoms with Gasteiger partial charge in [0.1, 0.15) is 6.07 Å². The highest BCUT2D eigenvalue weighted by Crippen LogP contribution is 2.21. The predicted octanol–water partition coefficient (Wildman–Crippen LogP) is 0.331. The lowest BCUT2D eigenvalue weighted by Crippen LogP contribution is -2.46. The molecule has 1 atom stereocenters. The van der Waals surface area contributed by atoms with Gasteiger partial charge in [0, 0.05) is 12.7 Å². The number of ether oxygens (including phenoxy) is 2. The summed E-state index contributed by atoms with van der Waals surface area (Å²) in [5, 5.41) is 9.04. The molecule has 6 nitrogen and oxygen atoms in total. The quantitative estimate of drug-likeness (QED) is 0.701. The summed E-state index contributed by atoms with van der Waals surface area (Å²) in [7, 11) is 1.33. The lowest BCUT2D eigenvalue weighted by atomic mass is 10.2. The second-order valence-corrected chi connectivity index (χ2v) is 3.83. The number of carbonyl (C=O) groups excluding carboxylic acids is 1. The smallest absolute Gasteiger partial charge is 0.336 e. The van der Waals surface area contributed by atoms with Crippen LogP contribution in [0.2, 0.25) is 0 Å². The maximum atomic E-state index is 11.4. The standard InChI is InChI=1S/C12H13N3O3/c1-17-12(16)11-8-15(4-5-18-11)10-7-14-3-2-9(10)6-13/h2-3,7,11H,4-5,8H2,1H3. The van der Waals surface area contributed by atoms with Crippen LogP contribution in [0.25, 0.3) is 0 Å². The Morgan fingerprint density at radius 3 is 3.28 bits per heavy atom. The van der Waals surface area contributed by atoms with Crippen LogP contribution in [-0.2, 0) is 14.3 Å². The number of pyridine rings is 1. The number of rotatable bonds is 2. The first kappa shape index (κ1) is 12.3. The molecule has 1 aliphatic rings. The lowest BCUT2D eigenvalue weighted by Gasteiger charge is -2.33. The normalized spacial score (nSPS) is 19.1. The zero-order valence-electron chi connectivity index (χ0n) is 10.00. The van der Waals surface area contributed by atoms with E-state index >= 15 is 0 Å². The summed E-state index contributed by atoms with van der Waals surface area (Å²) in [6.07, 6.45) is 2.58. The van der Waals surface area contributed by atoms with Gasteiger partial charge in [-0.1, -0.05) is 0 Å². The van der Waals surface area contributed by atoms with Gasteiger partial charge in [0.2, 0.25) is 0 Å². The molecule has 0 radical (unpaired) electrons. The summed E-state index contributed by atoms with van der Waals surface area (Å²) < 4.78 is 10.00. The molecule has 1 aromatic rings. The van der Waals surface area contributed by atoms with Crippen LogP contribution < -0.4 is 4.90 Å². The van der Waals surface area contributed by atoms with Crippen molar-refractivity contribution in [1.82, 2.24) is 4.98 Å². The van der Waals surface area contributed by atoms with Crippen LogP contribution in [0.15, 0.2) is 18.5 Å². The Morgan fingerprint density at radius 1 is 1.72 bits per heavy atom. The fourth-order valence-electron chi connectivity index (χ4n) is 1.87. The van der Waals surface area contributed by atoms with Crippen LogP contribution in [0, 0.1) is 11.3 Å². The Balaban J connectivity index is 2.18. The van der Waals surface area contributed by atoms with Gasteiger partial charge in [-0.15, -0.1) is 0 Å². The third-order valence-corrected chi connectivity index (χ3v) is 2.79. The van der Waals surface area contributed by atoms with Crippen LogP contribution in [0.5, 0.6) is 0 Å². The van der Waals surface area contributed by atoms with E-state index in [1.54, 1.807) is 18.5 Å². The van der Waals surface area contributed by atoms with Crippen molar-refractivity contribution in [3.63, 3.8) is 0 Å². The Kier molecular flexibility index (Phi) is 3.75. The van der Waals surface area contributed by atoms with E-state index in [1.165, 1.54) is 7.11 Å². The van der Waals surface area contributed by atoms with Crippen molar-refractivity contribution < 1.29 is 14.3 Å². The summed E-state index contributed by atoms with van der Waals surface area (Å²) >= 11 is 0. The Labute approximate surface area is 105 Å². The summed E-state index contributed by atoms with van der Waals surface area (Å²) in [4.78, 5) is 17.4. The molecule has 94 valence electrons. The molecule has 1 aromatic heterocycles. The highest BCUT2D eigenvalue weighted by atomic mass is 16.6. The molecule has 1 fully saturated rings. The minimum Gasteiger partial charge on any atom is -0.467 e. The number of carbonyl (C=O) groups is 1. The first-order valence-corrected chi connectivity index (χ1v) is 5.54. The number of esters is 1. The molecule has 0 N–H and O–H groups in total. The number of nitriles is 1. The number of hydrogen-bond acceptors (Lipinski definition) is 6. The highest BCUT2D eigenvalue weighted by molar-refractivity contribution is 5.76. The molecule has 1 aliphatic heterocycles. The van der Waals surface area contributed by atoms with Crippen molar-refractivity contribution in [2.75, 3.05) is 31.7 Å². The minimum absolute atomic E-state index is 0.368. The molecule has 18 heavy (non-hydrogen) atoms. The summed E-state index contributed by atoms with van der Waals surface area (Å²) in [5.74, 6) is -0.401. The van der Waals surface area contributed by atoms with E-state index < -0.39 is 12.1 Å². The Bertz CT molecular complexity index is 484. The summed E-state index contributed by atoms with van der Waals surface area (Å²) in [6, 6.07) is 3.76. The number of anilines is 1. The second-order valence-electron chi connectivity index (χ2n) is 3.83. The van der Waals surface area contributed by atoms with Crippen molar-refractivity contribution in [1.29, 1.82) is 5.26 Å². The van der Waals surface area contributed by atoms with Crippen molar-refractivity contribution in [3.05, 3.63) is 24.0 Å². The van der Waals surface area contributed by atoms with Crippen molar-refractivity contribution in [2.45, 2.75) is 6.10 Å². The number of nitrogens with zero attached hydrogens (tertiary/aromatic N) is 3. The van der Waals surface area contributed by atoms with Crippen LogP contribution in [0.1, 0.15) is 5.56 Å². The Hall–Kier alpha value is -2.13. The molecule has 2 heterocycles. The summed E-state index contributed by atoms with van der Waals surface area (Å²) in [6.45, 7) is 1.40. The maximum absolute atomic E-state index is 11.4. The van der Waals surface area contributed by atoms with Gasteiger partial charge in [0.05, 0.1) is 37.7 Å². The van der Waals surface area contributed by atoms with E-state index in [0.717, 1.165) is 5.69 Å². The molecule has 0 saturated carbocycles. The van der Waals surface area contributed by atoms with Crippen molar-refractivity contribution >= 4 is 11.7 Å². The van der Waals surface area contributed by atoms with Crippen LogP contribution in [0.3, 0.4) is 0 Å². The van der Waals surface area contributed by atoms with E-state index in [-0.39, 0.29) is 0 Å². The first-order chi connectivity index (χ1) is 8.76. The van der Waals surface area contributed by atoms with E-state index in [0.29, 0.717) is 25.3 Å². The topological polar surface area (TPSA) is 75.5 Å². The second kappa shape index (κ2) is 5.47. The van der Waals surface area contributed by atoms with Gasteiger partial charge in [-0.05, 0) is 6.07 Å². The molecule has 6 heteroatoms. The average Bonchev–Trinajstić information content (AvgIpc) is 2.46. The highest BCUT2D eigenvalue weighted by Gasteiger charge is 2.28. The van der Waals surface area contributed by atoms with Crippen LogP contribution >= 0.6 is 0 Å². The van der Waals surface area contributed by atoms with Gasteiger partial charge in [-0.3, -0.25) is 4.98 Å². The predicted molar refractivity (Wildman–Crippen MR) is 62.9 cm³/mol. The zero-order valence-corrected chi connectivity index (χ0v) is 10.00. The van der Waals surface area contributed by atoms with E-state index in [9.17, 15) is 4.79 Å². The lowest BCUT2D eigenvalue weighted by molar-refractivity contribution is -0.154. The fourth-order valence-corrected chi connectivity index (χ4v) is 1.87. The number of morpholine rings is 1. The fraction of sp³-hybridized carbons (Fsp3) is 0.417. The number of methoxy groups -OCH3 is 1. The molecule has 2 rings (SSSR count). The van der Waals surface area contributed by atoms with E-state index in [4.69, 9.17) is 10.00 Å². The molecule has 0 bridgehead atoms. The van der Waals surface area contributed by atoms with Gasteiger partial charge < -0.3 is 14.4 Å². The van der Waals surface area contributed by atoms with Gasteiger partial charge >= 0.3 is 5.97 Å².